The zero-order valence-corrected chi connectivity index (χ0v) is 19.6. The fourth-order valence-corrected chi connectivity index (χ4v) is 4.69. The lowest BCUT2D eigenvalue weighted by atomic mass is 10.1. The summed E-state index contributed by atoms with van der Waals surface area (Å²) in [5, 5.41) is 0. The molecule has 0 radical (unpaired) electrons. The Morgan fingerprint density at radius 1 is 1.11 bits per heavy atom. The Labute approximate surface area is 207 Å². The van der Waals surface area contributed by atoms with Gasteiger partial charge in [0.05, 0.1) is 17.2 Å². The first kappa shape index (κ1) is 23.3. The van der Waals surface area contributed by atoms with E-state index in [9.17, 15) is 14.0 Å². The zero-order valence-electron chi connectivity index (χ0n) is 19.6. The lowest BCUT2D eigenvalue weighted by molar-refractivity contribution is -0.127. The van der Waals surface area contributed by atoms with Crippen LogP contribution in [0.4, 0.5) is 10.2 Å². The number of amides is 1. The highest BCUT2D eigenvalue weighted by Gasteiger charge is 2.28. The Balaban J connectivity index is 1.52. The zero-order chi connectivity index (χ0) is 25.1. The summed E-state index contributed by atoms with van der Waals surface area (Å²) in [7, 11) is 0. The molecule has 0 bridgehead atoms. The third-order valence-electron chi connectivity index (χ3n) is 6.31. The van der Waals surface area contributed by atoms with Crippen molar-refractivity contribution in [3.63, 3.8) is 0 Å². The number of alkyl halides is 1. The van der Waals surface area contributed by atoms with E-state index in [1.54, 1.807) is 50.6 Å². The number of carbonyl (C=O) groups excluding carboxylic acids is 1. The Morgan fingerprint density at radius 2 is 1.86 bits per heavy atom. The highest BCUT2D eigenvalue weighted by atomic mass is 19.1. The lowest BCUT2D eigenvalue weighted by Gasteiger charge is -2.32. The molecule has 5 rings (SSSR count). The predicted molar refractivity (Wildman–Crippen MR) is 136 cm³/mol. The van der Waals surface area contributed by atoms with Crippen molar-refractivity contribution in [3.8, 4) is 17.2 Å². The second-order valence-corrected chi connectivity index (χ2v) is 8.60. The number of aromatic nitrogens is 3. The van der Waals surface area contributed by atoms with Gasteiger partial charge in [0.2, 0.25) is 5.91 Å². The number of anilines is 1. The maximum atomic E-state index is 13.8. The largest absolute Gasteiger partial charge is 0.457 e. The average Bonchev–Trinajstić information content (AvgIpc) is 3.21. The van der Waals surface area contributed by atoms with Gasteiger partial charge in [0.1, 0.15) is 29.5 Å². The van der Waals surface area contributed by atoms with Gasteiger partial charge in [-0.1, -0.05) is 18.2 Å². The summed E-state index contributed by atoms with van der Waals surface area (Å²) >= 11 is 0. The molecule has 2 N–H and O–H groups in total. The highest BCUT2D eigenvalue weighted by Crippen LogP contribution is 2.29. The number of hydrogen-bond acceptors (Lipinski definition) is 5. The summed E-state index contributed by atoms with van der Waals surface area (Å²) in [6, 6.07) is 18.1. The molecule has 0 saturated carbocycles. The van der Waals surface area contributed by atoms with Gasteiger partial charge in [-0.15, -0.1) is 0 Å². The van der Waals surface area contributed by atoms with Gasteiger partial charge in [-0.3, -0.25) is 13.9 Å². The number of piperidine rings is 1. The van der Waals surface area contributed by atoms with Crippen LogP contribution in [0.2, 0.25) is 0 Å². The summed E-state index contributed by atoms with van der Waals surface area (Å²) in [6.45, 7) is 0.212. The van der Waals surface area contributed by atoms with Crippen molar-refractivity contribution >= 4 is 22.8 Å². The summed E-state index contributed by atoms with van der Waals surface area (Å²) in [4.78, 5) is 32.1. The van der Waals surface area contributed by atoms with E-state index in [0.717, 1.165) is 12.8 Å². The SMILES string of the molecule is Nc1nccc2c1n(-c1ccc(Oc3ccccc3)cc1)c(=O)n2[C@@H]1CCCN(C(=O)/C=C/CF)C1. The molecule has 8 nitrogen and oxygen atoms in total. The van der Waals surface area contributed by atoms with E-state index in [1.807, 2.05) is 30.3 Å². The smallest absolute Gasteiger partial charge is 0.334 e. The Bertz CT molecular complexity index is 1460. The predicted octanol–water partition coefficient (Wildman–Crippen LogP) is 4.25. The first-order valence-corrected chi connectivity index (χ1v) is 11.8. The fraction of sp³-hybridized carbons (Fsp3) is 0.222. The molecule has 36 heavy (non-hydrogen) atoms. The molecular weight excluding hydrogens is 461 g/mol. The van der Waals surface area contributed by atoms with Crippen LogP contribution in [0.15, 0.2) is 83.8 Å². The second-order valence-electron chi connectivity index (χ2n) is 8.60. The van der Waals surface area contributed by atoms with Gasteiger partial charge >= 0.3 is 5.69 Å². The van der Waals surface area contributed by atoms with E-state index in [4.69, 9.17) is 10.5 Å². The monoisotopic (exact) mass is 487 g/mol. The van der Waals surface area contributed by atoms with E-state index in [1.165, 1.54) is 12.2 Å². The number of imidazole rings is 1. The van der Waals surface area contributed by atoms with Crippen LogP contribution >= 0.6 is 0 Å². The molecule has 1 aliphatic heterocycles. The molecule has 9 heteroatoms. The number of pyridine rings is 1. The Kier molecular flexibility index (Phi) is 6.53. The van der Waals surface area contributed by atoms with Gasteiger partial charge in [-0.05, 0) is 61.4 Å². The number of rotatable bonds is 6. The van der Waals surface area contributed by atoms with Gasteiger partial charge in [0.15, 0.2) is 0 Å². The number of fused-ring (bicyclic) bond motifs is 1. The molecule has 0 aliphatic carbocycles. The van der Waals surface area contributed by atoms with Gasteiger partial charge in [-0.25, -0.2) is 14.2 Å². The summed E-state index contributed by atoms with van der Waals surface area (Å²) in [6.07, 6.45) is 5.47. The third-order valence-corrected chi connectivity index (χ3v) is 6.31. The minimum absolute atomic E-state index is 0.239. The Hall–Kier alpha value is -4.40. The van der Waals surface area contributed by atoms with E-state index >= 15 is 0 Å². The number of para-hydroxylation sites is 1. The standard InChI is InChI=1S/C27H26FN5O3/c28-15-4-9-24(34)31-17-5-6-20(18-31)32-23-14-16-30-26(29)25(23)33(27(32)35)19-10-12-22(13-11-19)36-21-7-2-1-3-8-21/h1-4,7-14,16,20H,5-6,15,17-18H2,(H2,29,30)/b9-4+/t20-/m1/s1. The molecule has 0 spiro atoms. The summed E-state index contributed by atoms with van der Waals surface area (Å²) in [5.41, 5.74) is 7.77. The minimum atomic E-state index is -0.697. The number of ether oxygens (including phenoxy) is 1. The number of nitrogens with two attached hydrogens (primary N) is 1. The lowest BCUT2D eigenvalue weighted by Crippen LogP contribution is -2.42. The Morgan fingerprint density at radius 3 is 2.61 bits per heavy atom. The maximum absolute atomic E-state index is 13.8. The average molecular weight is 488 g/mol. The van der Waals surface area contributed by atoms with Crippen molar-refractivity contribution in [3.05, 3.63) is 89.5 Å². The van der Waals surface area contributed by atoms with Crippen LogP contribution in [-0.2, 0) is 4.79 Å². The normalized spacial score (nSPS) is 16.0. The summed E-state index contributed by atoms with van der Waals surface area (Å²) < 4.78 is 21.6. The van der Waals surface area contributed by atoms with Gasteiger partial charge < -0.3 is 15.4 Å². The molecule has 0 unspecified atom stereocenters. The molecule has 1 aliphatic rings. The van der Waals surface area contributed by atoms with E-state index in [0.29, 0.717) is 41.3 Å². The van der Waals surface area contributed by atoms with Crippen molar-refractivity contribution < 1.29 is 13.9 Å². The molecule has 1 fully saturated rings. The van der Waals surface area contributed by atoms with Gasteiger partial charge in [0, 0.05) is 25.4 Å². The first-order valence-electron chi connectivity index (χ1n) is 11.8. The van der Waals surface area contributed by atoms with E-state index < -0.39 is 6.67 Å². The molecule has 2 aromatic carbocycles. The van der Waals surface area contributed by atoms with E-state index in [2.05, 4.69) is 4.98 Å². The first-order chi connectivity index (χ1) is 17.6. The fourth-order valence-electron chi connectivity index (χ4n) is 4.69. The molecule has 4 aromatic rings. The van der Waals surface area contributed by atoms with Crippen molar-refractivity contribution in [1.29, 1.82) is 0 Å². The van der Waals surface area contributed by atoms with Crippen LogP contribution in [0.5, 0.6) is 11.5 Å². The van der Waals surface area contributed by atoms with Crippen LogP contribution in [0.1, 0.15) is 18.9 Å². The number of allylic oxidation sites excluding steroid dienone is 1. The molecule has 3 heterocycles. The number of halogens is 1. The van der Waals surface area contributed by atoms with Gasteiger partial charge in [-0.2, -0.15) is 0 Å². The molecule has 1 amide bonds. The minimum Gasteiger partial charge on any atom is -0.457 e. The number of hydrogen-bond donors (Lipinski definition) is 1. The van der Waals surface area contributed by atoms with Crippen LogP contribution in [0, 0.1) is 0 Å². The number of nitrogens with zero attached hydrogens (tertiary/aromatic N) is 4. The van der Waals surface area contributed by atoms with Crippen LogP contribution in [-0.4, -0.2) is 44.7 Å². The van der Waals surface area contributed by atoms with Crippen molar-refractivity contribution in [2.45, 2.75) is 18.9 Å². The quantitative estimate of drug-likeness (QED) is 0.410. The molecular formula is C27H26FN5O3. The molecule has 2 aromatic heterocycles. The van der Waals surface area contributed by atoms with Gasteiger partial charge in [0.25, 0.3) is 0 Å². The number of nitrogen functional groups attached to an aromatic ring is 1. The van der Waals surface area contributed by atoms with Crippen molar-refractivity contribution in [2.75, 3.05) is 25.5 Å². The van der Waals surface area contributed by atoms with Crippen molar-refractivity contribution in [1.82, 2.24) is 19.0 Å². The third kappa shape index (κ3) is 4.47. The maximum Gasteiger partial charge on any atom is 0.334 e. The molecule has 1 saturated heterocycles. The van der Waals surface area contributed by atoms with Crippen LogP contribution in [0.3, 0.4) is 0 Å². The van der Waals surface area contributed by atoms with Crippen molar-refractivity contribution in [2.24, 2.45) is 0 Å². The summed E-state index contributed by atoms with van der Waals surface area (Å²) in [5.74, 6) is 1.33. The molecule has 1 atom stereocenters. The number of benzene rings is 2. The topological polar surface area (TPSA) is 95.4 Å². The molecule has 184 valence electrons. The second kappa shape index (κ2) is 10.1. The highest BCUT2D eigenvalue weighted by molar-refractivity contribution is 5.88. The van der Waals surface area contributed by atoms with Crippen LogP contribution < -0.4 is 16.2 Å². The van der Waals surface area contributed by atoms with E-state index in [-0.39, 0.29) is 23.5 Å². The number of likely N-dealkylation sites (tertiary alicyclic amines) is 1. The number of carbonyl (C=O) groups is 1. The van der Waals surface area contributed by atoms with Crippen LogP contribution in [0.25, 0.3) is 16.7 Å².